The number of amides is 2. The van der Waals surface area contributed by atoms with Crippen molar-refractivity contribution in [3.63, 3.8) is 0 Å². The van der Waals surface area contributed by atoms with E-state index in [1.54, 1.807) is 6.92 Å². The van der Waals surface area contributed by atoms with Crippen LogP contribution in [0.3, 0.4) is 0 Å². The smallest absolute Gasteiger partial charge is 0.267 e. The van der Waals surface area contributed by atoms with E-state index in [0.29, 0.717) is 16.3 Å². The maximum absolute atomic E-state index is 13.7. The lowest BCUT2D eigenvalue weighted by atomic mass is 10.1. The first-order valence-corrected chi connectivity index (χ1v) is 9.18. The van der Waals surface area contributed by atoms with Crippen LogP contribution in [0.2, 0.25) is 0 Å². The van der Waals surface area contributed by atoms with Crippen molar-refractivity contribution < 1.29 is 18.4 Å². The molecule has 3 aromatic rings. The molecule has 1 aromatic heterocycles. The molecule has 0 aliphatic rings. The number of thiazole rings is 1. The summed E-state index contributed by atoms with van der Waals surface area (Å²) < 4.78 is 27.0. The summed E-state index contributed by atoms with van der Waals surface area (Å²) in [5, 5.41) is 5.35. The molecule has 2 N–H and O–H groups in total. The average molecular weight is 401 g/mol. The van der Waals surface area contributed by atoms with Crippen LogP contribution in [-0.4, -0.2) is 16.8 Å². The quantitative estimate of drug-likeness (QED) is 0.656. The van der Waals surface area contributed by atoms with Crippen LogP contribution in [-0.2, 0) is 0 Å². The number of carbonyl (C=O) groups is 2. The predicted octanol–water partition coefficient (Wildman–Crippen LogP) is 4.85. The number of aryl methyl sites for hydroxylation is 3. The molecule has 8 heteroatoms. The summed E-state index contributed by atoms with van der Waals surface area (Å²) in [6, 6.07) is 8.26. The summed E-state index contributed by atoms with van der Waals surface area (Å²) in [5.74, 6) is -2.78. The van der Waals surface area contributed by atoms with Crippen molar-refractivity contribution in [2.45, 2.75) is 20.8 Å². The van der Waals surface area contributed by atoms with E-state index >= 15 is 0 Å². The van der Waals surface area contributed by atoms with Gasteiger partial charge in [0.25, 0.3) is 11.8 Å². The third kappa shape index (κ3) is 4.23. The summed E-state index contributed by atoms with van der Waals surface area (Å²) in [6.07, 6.45) is 0. The predicted molar refractivity (Wildman–Crippen MR) is 105 cm³/mol. The molecule has 28 heavy (non-hydrogen) atoms. The van der Waals surface area contributed by atoms with E-state index in [0.717, 1.165) is 40.7 Å². The van der Waals surface area contributed by atoms with Crippen LogP contribution in [0.25, 0.3) is 0 Å². The van der Waals surface area contributed by atoms with Gasteiger partial charge in [-0.3, -0.25) is 14.9 Å². The van der Waals surface area contributed by atoms with Gasteiger partial charge in [0.1, 0.15) is 16.5 Å². The third-order valence-electron chi connectivity index (χ3n) is 4.03. The molecule has 144 valence electrons. The molecule has 0 fully saturated rings. The number of anilines is 2. The van der Waals surface area contributed by atoms with Crippen molar-refractivity contribution in [1.29, 1.82) is 0 Å². The Balaban J connectivity index is 1.78. The molecule has 0 aliphatic heterocycles. The molecule has 0 aliphatic carbocycles. The first-order chi connectivity index (χ1) is 13.2. The van der Waals surface area contributed by atoms with Crippen molar-refractivity contribution in [2.24, 2.45) is 0 Å². The molecule has 0 saturated heterocycles. The first kappa shape index (κ1) is 19.6. The number of aromatic nitrogens is 1. The van der Waals surface area contributed by atoms with Gasteiger partial charge < -0.3 is 5.32 Å². The average Bonchev–Trinajstić information content (AvgIpc) is 2.99. The van der Waals surface area contributed by atoms with Crippen LogP contribution in [0, 0.1) is 32.4 Å². The lowest BCUT2D eigenvalue weighted by Gasteiger charge is -2.08. The molecule has 0 saturated carbocycles. The van der Waals surface area contributed by atoms with Crippen LogP contribution >= 0.6 is 11.3 Å². The van der Waals surface area contributed by atoms with Gasteiger partial charge in [0.15, 0.2) is 5.13 Å². The van der Waals surface area contributed by atoms with Crippen LogP contribution in [0.15, 0.2) is 36.4 Å². The fraction of sp³-hybridized carbons (Fsp3) is 0.150. The molecular weight excluding hydrogens is 384 g/mol. The first-order valence-electron chi connectivity index (χ1n) is 8.37. The fourth-order valence-corrected chi connectivity index (χ4v) is 3.49. The van der Waals surface area contributed by atoms with Crippen LogP contribution in [0.1, 0.15) is 36.9 Å². The molecule has 0 radical (unpaired) electrons. The summed E-state index contributed by atoms with van der Waals surface area (Å²) in [4.78, 5) is 29.2. The minimum atomic E-state index is -0.847. The molecule has 0 bridgehead atoms. The van der Waals surface area contributed by atoms with Gasteiger partial charge in [-0.25, -0.2) is 13.8 Å². The van der Waals surface area contributed by atoms with Gasteiger partial charge in [-0.1, -0.05) is 29.0 Å². The fourth-order valence-electron chi connectivity index (χ4n) is 2.63. The monoisotopic (exact) mass is 401 g/mol. The van der Waals surface area contributed by atoms with E-state index in [2.05, 4.69) is 15.6 Å². The van der Waals surface area contributed by atoms with Crippen LogP contribution < -0.4 is 10.6 Å². The standard InChI is InChI=1S/C20H17F2N3O2S/c1-10-4-7-16(11(2)8-10)24-19(27)17-12(3)23-20(28-17)25-18(26)14-9-13(21)5-6-15(14)22/h4-9H,1-3H3,(H,24,27)(H,23,25,26). The Hall–Kier alpha value is -3.13. The second-order valence-electron chi connectivity index (χ2n) is 6.28. The van der Waals surface area contributed by atoms with Gasteiger partial charge in [0.05, 0.1) is 11.3 Å². The van der Waals surface area contributed by atoms with Gasteiger partial charge in [-0.15, -0.1) is 0 Å². The maximum atomic E-state index is 13.7. The highest BCUT2D eigenvalue weighted by Crippen LogP contribution is 2.25. The van der Waals surface area contributed by atoms with E-state index in [-0.39, 0.29) is 11.0 Å². The van der Waals surface area contributed by atoms with Gasteiger partial charge in [0, 0.05) is 5.69 Å². The SMILES string of the molecule is Cc1ccc(NC(=O)c2sc(NC(=O)c3cc(F)ccc3F)nc2C)c(C)c1. The van der Waals surface area contributed by atoms with Crippen LogP contribution in [0.4, 0.5) is 19.6 Å². The topological polar surface area (TPSA) is 71.1 Å². The Morgan fingerprint density at radius 2 is 1.71 bits per heavy atom. The molecule has 2 amide bonds. The van der Waals surface area contributed by atoms with Gasteiger partial charge in [0.2, 0.25) is 0 Å². The number of hydrogen-bond donors (Lipinski definition) is 2. The highest BCUT2D eigenvalue weighted by atomic mass is 32.1. The van der Waals surface area contributed by atoms with Crippen molar-refractivity contribution in [2.75, 3.05) is 10.6 Å². The van der Waals surface area contributed by atoms with Gasteiger partial charge >= 0.3 is 0 Å². The molecule has 5 nitrogen and oxygen atoms in total. The number of nitrogens with zero attached hydrogens (tertiary/aromatic N) is 1. The largest absolute Gasteiger partial charge is 0.321 e. The van der Waals surface area contributed by atoms with E-state index in [9.17, 15) is 18.4 Å². The van der Waals surface area contributed by atoms with Crippen molar-refractivity contribution >= 4 is 34.0 Å². The molecule has 1 heterocycles. The summed E-state index contributed by atoms with van der Waals surface area (Å²) in [7, 11) is 0. The summed E-state index contributed by atoms with van der Waals surface area (Å²) in [6.45, 7) is 5.48. The second kappa shape index (κ2) is 7.85. The third-order valence-corrected chi connectivity index (χ3v) is 5.10. The van der Waals surface area contributed by atoms with Crippen molar-refractivity contribution in [3.8, 4) is 0 Å². The minimum Gasteiger partial charge on any atom is -0.321 e. The summed E-state index contributed by atoms with van der Waals surface area (Å²) in [5.41, 5.74) is 2.66. The zero-order chi connectivity index (χ0) is 20.4. The lowest BCUT2D eigenvalue weighted by molar-refractivity contribution is 0.101. The number of halogens is 2. The number of benzene rings is 2. The maximum Gasteiger partial charge on any atom is 0.267 e. The van der Waals surface area contributed by atoms with Gasteiger partial charge in [-0.05, 0) is 50.6 Å². The van der Waals surface area contributed by atoms with Crippen LogP contribution in [0.5, 0.6) is 0 Å². The summed E-state index contributed by atoms with van der Waals surface area (Å²) >= 11 is 0.958. The highest BCUT2D eigenvalue weighted by molar-refractivity contribution is 7.17. The van der Waals surface area contributed by atoms with E-state index < -0.39 is 23.1 Å². The minimum absolute atomic E-state index is 0.122. The Morgan fingerprint density at radius 1 is 0.964 bits per heavy atom. The number of carbonyl (C=O) groups excluding carboxylic acids is 2. The van der Waals surface area contributed by atoms with E-state index in [4.69, 9.17) is 0 Å². The number of nitrogens with one attached hydrogen (secondary N) is 2. The Bertz CT molecular complexity index is 1080. The van der Waals surface area contributed by atoms with Crippen molar-refractivity contribution in [1.82, 2.24) is 4.98 Å². The molecular formula is C20H17F2N3O2S. The van der Waals surface area contributed by atoms with E-state index in [1.807, 2.05) is 32.0 Å². The van der Waals surface area contributed by atoms with E-state index in [1.165, 1.54) is 0 Å². The molecule has 0 spiro atoms. The molecule has 3 rings (SSSR count). The second-order valence-corrected chi connectivity index (χ2v) is 7.28. The number of rotatable bonds is 4. The van der Waals surface area contributed by atoms with Crippen molar-refractivity contribution in [3.05, 3.63) is 75.3 Å². The lowest BCUT2D eigenvalue weighted by Crippen LogP contribution is -2.14. The molecule has 0 atom stereocenters. The normalized spacial score (nSPS) is 10.6. The molecule has 2 aromatic carbocycles. The zero-order valence-electron chi connectivity index (χ0n) is 15.4. The highest BCUT2D eigenvalue weighted by Gasteiger charge is 2.19. The Morgan fingerprint density at radius 3 is 2.43 bits per heavy atom. The Kier molecular flexibility index (Phi) is 5.51. The zero-order valence-corrected chi connectivity index (χ0v) is 16.2. The Labute approximate surface area is 164 Å². The molecule has 0 unspecified atom stereocenters. The van der Waals surface area contributed by atoms with Gasteiger partial charge in [-0.2, -0.15) is 0 Å². The number of hydrogen-bond acceptors (Lipinski definition) is 4.